The lowest BCUT2D eigenvalue weighted by atomic mass is 9.99. The molecule has 5 rings (SSSR count). The molecule has 4 aromatic carbocycles. The molecular weight excluding hydrogens is 500 g/mol. The van der Waals surface area contributed by atoms with E-state index in [1.807, 2.05) is 48.5 Å². The number of halogens is 1. The molecule has 3 N–H and O–H groups in total. The predicted octanol–water partition coefficient (Wildman–Crippen LogP) is 4.97. The predicted molar refractivity (Wildman–Crippen MR) is 150 cm³/mol. The number of carbonyl (C=O) groups is 2. The fraction of sp³-hybridized carbons (Fsp3) is 0.167. The molecule has 192 valence electrons. The number of likely N-dealkylation sites (tertiary alicyclic amines) is 1. The zero-order valence-electron chi connectivity index (χ0n) is 20.6. The number of rotatable bonds is 7. The monoisotopic (exact) mass is 526 g/mol. The first-order valence-corrected chi connectivity index (χ1v) is 12.8. The molecule has 1 atom stereocenters. The number of benzene rings is 4. The summed E-state index contributed by atoms with van der Waals surface area (Å²) >= 11 is 5.88. The Hall–Kier alpha value is -4.20. The van der Waals surface area contributed by atoms with E-state index in [1.165, 1.54) is 23.8 Å². The summed E-state index contributed by atoms with van der Waals surface area (Å²) in [5, 5.41) is 18.6. The van der Waals surface area contributed by atoms with E-state index < -0.39 is 5.91 Å². The summed E-state index contributed by atoms with van der Waals surface area (Å²) in [5.41, 5.74) is 5.37. The van der Waals surface area contributed by atoms with Crippen LogP contribution >= 0.6 is 11.6 Å². The number of fused-ring (bicyclic) bond motifs is 1. The molecule has 0 bridgehead atoms. The van der Waals surface area contributed by atoms with Gasteiger partial charge >= 0.3 is 0 Å². The van der Waals surface area contributed by atoms with Gasteiger partial charge < -0.3 is 10.4 Å². The van der Waals surface area contributed by atoms with E-state index in [2.05, 4.69) is 32.9 Å². The molecule has 0 aromatic heterocycles. The van der Waals surface area contributed by atoms with E-state index in [-0.39, 0.29) is 28.3 Å². The van der Waals surface area contributed by atoms with Crippen molar-refractivity contribution < 1.29 is 14.7 Å². The molecule has 1 heterocycles. The number of phenols is 1. The van der Waals surface area contributed by atoms with Gasteiger partial charge in [-0.1, -0.05) is 72.3 Å². The van der Waals surface area contributed by atoms with Crippen LogP contribution in [0.1, 0.15) is 38.3 Å². The van der Waals surface area contributed by atoms with Crippen LogP contribution in [0.15, 0.2) is 90.0 Å². The van der Waals surface area contributed by atoms with Crippen molar-refractivity contribution in [3.05, 3.63) is 112 Å². The fourth-order valence-corrected chi connectivity index (χ4v) is 4.89. The highest BCUT2D eigenvalue weighted by atomic mass is 35.5. The van der Waals surface area contributed by atoms with E-state index in [0.29, 0.717) is 5.56 Å². The Balaban J connectivity index is 1.26. The number of aromatic hydroxyl groups is 1. The van der Waals surface area contributed by atoms with Gasteiger partial charge in [0.05, 0.1) is 11.2 Å². The largest absolute Gasteiger partial charge is 0.506 e. The van der Waals surface area contributed by atoms with Crippen LogP contribution in [0.4, 0.5) is 0 Å². The second kappa shape index (κ2) is 11.5. The van der Waals surface area contributed by atoms with Gasteiger partial charge in [-0.05, 0) is 47.0 Å². The zero-order valence-corrected chi connectivity index (χ0v) is 21.4. The van der Waals surface area contributed by atoms with Crippen LogP contribution in [0.25, 0.3) is 10.8 Å². The number of hydrogen-bond donors (Lipinski definition) is 3. The van der Waals surface area contributed by atoms with Gasteiger partial charge in [0.25, 0.3) is 11.8 Å². The summed E-state index contributed by atoms with van der Waals surface area (Å²) in [4.78, 5) is 28.0. The molecule has 0 spiro atoms. The first-order chi connectivity index (χ1) is 18.5. The Morgan fingerprint density at radius 2 is 1.74 bits per heavy atom. The lowest BCUT2D eigenvalue weighted by Crippen LogP contribution is -2.37. The maximum atomic E-state index is 13.3. The Labute approximate surface area is 225 Å². The maximum absolute atomic E-state index is 13.3. The van der Waals surface area contributed by atoms with Gasteiger partial charge in [0.1, 0.15) is 5.75 Å². The van der Waals surface area contributed by atoms with Crippen molar-refractivity contribution in [2.45, 2.75) is 19.0 Å². The molecule has 4 aromatic rings. The van der Waals surface area contributed by atoms with Gasteiger partial charge in [0.15, 0.2) is 0 Å². The molecule has 0 saturated carbocycles. The highest BCUT2D eigenvalue weighted by Gasteiger charge is 2.25. The third-order valence-electron chi connectivity index (χ3n) is 6.64. The lowest BCUT2D eigenvalue weighted by Gasteiger charge is -2.17. The highest BCUT2D eigenvalue weighted by molar-refractivity contribution is 6.32. The summed E-state index contributed by atoms with van der Waals surface area (Å²) < 4.78 is 0. The lowest BCUT2D eigenvalue weighted by molar-refractivity contribution is 0.0936. The van der Waals surface area contributed by atoms with Crippen LogP contribution in [0.3, 0.4) is 0 Å². The van der Waals surface area contributed by atoms with E-state index in [1.54, 1.807) is 12.3 Å². The van der Waals surface area contributed by atoms with Crippen LogP contribution in [0, 0.1) is 0 Å². The number of amides is 2. The van der Waals surface area contributed by atoms with Crippen LogP contribution < -0.4 is 10.7 Å². The second-order valence-electron chi connectivity index (χ2n) is 9.29. The Morgan fingerprint density at radius 1 is 0.974 bits per heavy atom. The van der Waals surface area contributed by atoms with Gasteiger partial charge in [-0.3, -0.25) is 14.5 Å². The number of hydrazone groups is 1. The minimum absolute atomic E-state index is 0.0861. The summed E-state index contributed by atoms with van der Waals surface area (Å²) in [6, 6.07) is 25.9. The van der Waals surface area contributed by atoms with Gasteiger partial charge in [-0.15, -0.1) is 0 Å². The first kappa shape index (κ1) is 25.4. The van der Waals surface area contributed by atoms with Gasteiger partial charge in [-0.2, -0.15) is 5.10 Å². The molecule has 38 heavy (non-hydrogen) atoms. The third-order valence-corrected chi connectivity index (χ3v) is 6.94. The molecular formula is C30H27ClN4O3. The number of hydrogen-bond acceptors (Lipinski definition) is 5. The van der Waals surface area contributed by atoms with Crippen molar-refractivity contribution in [2.24, 2.45) is 5.10 Å². The smallest absolute Gasteiger partial charge is 0.271 e. The summed E-state index contributed by atoms with van der Waals surface area (Å²) in [5.74, 6) is -0.658. The number of nitrogens with one attached hydrogen (secondary N) is 2. The van der Waals surface area contributed by atoms with E-state index in [4.69, 9.17) is 11.6 Å². The Bertz CT molecular complexity index is 1510. The molecule has 1 aliphatic rings. The van der Waals surface area contributed by atoms with Crippen molar-refractivity contribution in [3.8, 4) is 5.75 Å². The van der Waals surface area contributed by atoms with Crippen molar-refractivity contribution >= 4 is 40.4 Å². The average Bonchev–Trinajstić information content (AvgIpc) is 3.37. The normalized spacial score (nSPS) is 15.7. The van der Waals surface area contributed by atoms with Gasteiger partial charge in [0.2, 0.25) is 0 Å². The summed E-state index contributed by atoms with van der Waals surface area (Å²) in [6.45, 7) is 2.63. The van der Waals surface area contributed by atoms with Gasteiger partial charge in [0, 0.05) is 42.4 Å². The number of nitrogens with zero attached hydrogens (tertiary/aromatic N) is 2. The second-order valence-corrected chi connectivity index (χ2v) is 9.70. The van der Waals surface area contributed by atoms with E-state index in [0.717, 1.165) is 42.4 Å². The van der Waals surface area contributed by atoms with Crippen LogP contribution in [-0.4, -0.2) is 47.2 Å². The van der Waals surface area contributed by atoms with Crippen molar-refractivity contribution in [3.63, 3.8) is 0 Å². The van der Waals surface area contributed by atoms with E-state index >= 15 is 0 Å². The van der Waals surface area contributed by atoms with E-state index in [9.17, 15) is 14.7 Å². The quantitative estimate of drug-likeness (QED) is 0.234. The molecule has 1 aliphatic heterocycles. The fourth-order valence-electron chi connectivity index (χ4n) is 4.70. The minimum Gasteiger partial charge on any atom is -0.506 e. The van der Waals surface area contributed by atoms with Crippen LogP contribution in [0.2, 0.25) is 5.02 Å². The van der Waals surface area contributed by atoms with Crippen molar-refractivity contribution in [1.29, 1.82) is 0 Å². The zero-order chi connectivity index (χ0) is 26.5. The standard InChI is InChI=1S/C30H27ClN4O3/c31-27-16-21(11-13-28(27)36)29(37)34-32-17-22-10-12-26(25-9-5-4-8-24(22)25)30(38)33-23-14-15-35(19-23)18-20-6-2-1-3-7-20/h1-13,16-17,23,36H,14-15,18-19H2,(H,33,38)(H,34,37). The first-order valence-electron chi connectivity index (χ1n) is 12.4. The summed E-state index contributed by atoms with van der Waals surface area (Å²) in [7, 11) is 0. The van der Waals surface area contributed by atoms with Gasteiger partial charge in [-0.25, -0.2) is 5.43 Å². The number of phenolic OH excluding ortho intramolecular Hbond substituents is 1. The SMILES string of the molecule is O=C(NN=Cc1ccc(C(=O)NC2CCN(Cc3ccccc3)C2)c2ccccc12)c1ccc(O)c(Cl)c1. The highest BCUT2D eigenvalue weighted by Crippen LogP contribution is 2.24. The van der Waals surface area contributed by atoms with Crippen LogP contribution in [0.5, 0.6) is 5.75 Å². The van der Waals surface area contributed by atoms with Crippen molar-refractivity contribution in [1.82, 2.24) is 15.6 Å². The molecule has 1 unspecified atom stereocenters. The molecule has 0 radical (unpaired) electrons. The maximum Gasteiger partial charge on any atom is 0.271 e. The topological polar surface area (TPSA) is 94.0 Å². The van der Waals surface area contributed by atoms with Crippen LogP contribution in [-0.2, 0) is 6.54 Å². The minimum atomic E-state index is -0.457. The third kappa shape index (κ3) is 5.85. The Morgan fingerprint density at radius 3 is 2.53 bits per heavy atom. The number of carbonyl (C=O) groups excluding carboxylic acids is 2. The molecule has 7 nitrogen and oxygen atoms in total. The molecule has 1 fully saturated rings. The van der Waals surface area contributed by atoms with Crippen molar-refractivity contribution in [2.75, 3.05) is 13.1 Å². The molecule has 0 aliphatic carbocycles. The Kier molecular flexibility index (Phi) is 7.67. The molecule has 8 heteroatoms. The summed E-state index contributed by atoms with van der Waals surface area (Å²) in [6.07, 6.45) is 2.45. The average molecular weight is 527 g/mol. The molecule has 1 saturated heterocycles. The molecule has 2 amide bonds.